The Balaban J connectivity index is 3.11. The van der Waals surface area contributed by atoms with E-state index in [2.05, 4.69) is 15.5 Å². The van der Waals surface area contributed by atoms with Gasteiger partial charge in [-0.15, -0.1) is 5.10 Å². The molecule has 0 spiro atoms. The Morgan fingerprint density at radius 2 is 2.19 bits per heavy atom. The van der Waals surface area contributed by atoms with Crippen LogP contribution in [0.4, 0.5) is 0 Å². The van der Waals surface area contributed by atoms with Gasteiger partial charge in [0.15, 0.2) is 11.4 Å². The van der Waals surface area contributed by atoms with Gasteiger partial charge in [-0.2, -0.15) is 0 Å². The number of aliphatic carboxylic acids is 1. The zero-order valence-corrected chi connectivity index (χ0v) is 10.0. The highest BCUT2D eigenvalue weighted by molar-refractivity contribution is 5.76. The minimum Gasteiger partial charge on any atom is -0.479 e. The normalized spacial score (nSPS) is 15.1. The second-order valence-corrected chi connectivity index (χ2v) is 4.18. The van der Waals surface area contributed by atoms with E-state index >= 15 is 0 Å². The summed E-state index contributed by atoms with van der Waals surface area (Å²) in [6.45, 7) is 3.93. The third-order valence-corrected chi connectivity index (χ3v) is 2.61. The maximum absolute atomic E-state index is 11.3. The molecule has 0 aromatic carbocycles. The minimum absolute atomic E-state index is 0.424. The van der Waals surface area contributed by atoms with Gasteiger partial charge >= 0.3 is 5.97 Å². The van der Waals surface area contributed by atoms with Crippen molar-refractivity contribution in [1.29, 1.82) is 0 Å². The van der Waals surface area contributed by atoms with Crippen molar-refractivity contribution in [2.24, 2.45) is 0 Å². The van der Waals surface area contributed by atoms with Crippen molar-refractivity contribution in [2.45, 2.75) is 32.4 Å². The van der Waals surface area contributed by atoms with E-state index in [-0.39, 0.29) is 0 Å². The predicted octanol–water partition coefficient (Wildman–Crippen LogP) is -0.0555. The zero-order chi connectivity index (χ0) is 12.3. The molecular weight excluding hydrogens is 210 g/mol. The van der Waals surface area contributed by atoms with E-state index in [1.54, 1.807) is 13.8 Å². The fourth-order valence-electron chi connectivity index (χ4n) is 1.36. The van der Waals surface area contributed by atoms with E-state index in [0.29, 0.717) is 18.8 Å². The van der Waals surface area contributed by atoms with Crippen molar-refractivity contribution < 1.29 is 9.90 Å². The molecule has 1 N–H and O–H groups in total. The maximum Gasteiger partial charge on any atom is 0.331 e. The molecule has 0 amide bonds. The van der Waals surface area contributed by atoms with Crippen LogP contribution in [0.15, 0.2) is 0 Å². The number of hydrogen-bond donors (Lipinski definition) is 1. The Morgan fingerprint density at radius 1 is 1.56 bits per heavy atom. The molecule has 0 radical (unpaired) electrons. The summed E-state index contributed by atoms with van der Waals surface area (Å²) in [7, 11) is 3.76. The smallest absolute Gasteiger partial charge is 0.331 e. The largest absolute Gasteiger partial charge is 0.479 e. The van der Waals surface area contributed by atoms with Crippen LogP contribution in [0.2, 0.25) is 0 Å². The fourth-order valence-corrected chi connectivity index (χ4v) is 1.36. The first-order valence-electron chi connectivity index (χ1n) is 5.07. The molecule has 1 unspecified atom stereocenters. The molecule has 1 aromatic rings. The number of nitrogens with zero attached hydrogens (tertiary/aromatic N) is 5. The van der Waals surface area contributed by atoms with Gasteiger partial charge in [-0.3, -0.25) is 0 Å². The second kappa shape index (κ2) is 4.56. The van der Waals surface area contributed by atoms with Crippen LogP contribution in [-0.4, -0.2) is 50.3 Å². The molecule has 7 nitrogen and oxygen atoms in total. The monoisotopic (exact) mass is 227 g/mol. The molecule has 16 heavy (non-hydrogen) atoms. The number of hydrogen-bond acceptors (Lipinski definition) is 5. The quantitative estimate of drug-likeness (QED) is 0.759. The van der Waals surface area contributed by atoms with Crippen LogP contribution in [0.3, 0.4) is 0 Å². The van der Waals surface area contributed by atoms with Crippen molar-refractivity contribution in [2.75, 3.05) is 14.1 Å². The van der Waals surface area contributed by atoms with Gasteiger partial charge in [-0.1, -0.05) is 6.92 Å². The Kier molecular flexibility index (Phi) is 3.58. The summed E-state index contributed by atoms with van der Waals surface area (Å²) < 4.78 is 1.38. The average Bonchev–Trinajstić information content (AvgIpc) is 2.63. The SMILES string of the molecule is CCC(C)(C(=O)O)n1nnnc1CN(C)C. The minimum atomic E-state index is -1.09. The summed E-state index contributed by atoms with van der Waals surface area (Å²) in [4.78, 5) is 13.1. The summed E-state index contributed by atoms with van der Waals surface area (Å²) in [5, 5.41) is 20.4. The highest BCUT2D eigenvalue weighted by Gasteiger charge is 2.36. The molecule has 1 aromatic heterocycles. The molecule has 0 saturated heterocycles. The van der Waals surface area contributed by atoms with Gasteiger partial charge in [0.2, 0.25) is 0 Å². The van der Waals surface area contributed by atoms with Crippen molar-refractivity contribution in [3.8, 4) is 0 Å². The topological polar surface area (TPSA) is 84.1 Å². The number of carboxylic acid groups (broad SMARTS) is 1. The Labute approximate surface area is 94.0 Å². The van der Waals surface area contributed by atoms with Crippen LogP contribution in [0.5, 0.6) is 0 Å². The molecule has 0 aliphatic heterocycles. The first-order chi connectivity index (χ1) is 7.41. The molecule has 0 aliphatic carbocycles. The Morgan fingerprint density at radius 3 is 2.62 bits per heavy atom. The lowest BCUT2D eigenvalue weighted by Crippen LogP contribution is -2.41. The van der Waals surface area contributed by atoms with Gasteiger partial charge in [0, 0.05) is 0 Å². The number of carboxylic acids is 1. The van der Waals surface area contributed by atoms with Gasteiger partial charge in [0.05, 0.1) is 6.54 Å². The molecule has 1 rings (SSSR count). The van der Waals surface area contributed by atoms with Crippen molar-refractivity contribution in [3.63, 3.8) is 0 Å². The van der Waals surface area contributed by atoms with E-state index < -0.39 is 11.5 Å². The standard InChI is InChI=1S/C9H17N5O2/c1-5-9(2,8(15)16)14-7(6-13(3)4)10-11-12-14/h5-6H2,1-4H3,(H,15,16). The Bertz CT molecular complexity index is 376. The second-order valence-electron chi connectivity index (χ2n) is 4.18. The predicted molar refractivity (Wildman–Crippen MR) is 56.8 cm³/mol. The lowest BCUT2D eigenvalue weighted by Gasteiger charge is -2.24. The number of aromatic nitrogens is 4. The molecule has 0 aliphatic rings. The van der Waals surface area contributed by atoms with Gasteiger partial charge in [0.1, 0.15) is 0 Å². The van der Waals surface area contributed by atoms with Crippen LogP contribution < -0.4 is 0 Å². The van der Waals surface area contributed by atoms with Gasteiger partial charge < -0.3 is 10.0 Å². The highest BCUT2D eigenvalue weighted by Crippen LogP contribution is 2.20. The van der Waals surface area contributed by atoms with E-state index in [9.17, 15) is 9.90 Å². The van der Waals surface area contributed by atoms with Crippen LogP contribution in [0, 0.1) is 0 Å². The van der Waals surface area contributed by atoms with Crippen molar-refractivity contribution in [1.82, 2.24) is 25.1 Å². The summed E-state index contributed by atoms with van der Waals surface area (Å²) in [6.07, 6.45) is 0.424. The summed E-state index contributed by atoms with van der Waals surface area (Å²) in [5.74, 6) is -0.376. The van der Waals surface area contributed by atoms with Crippen LogP contribution in [0.25, 0.3) is 0 Å². The molecule has 90 valence electrons. The van der Waals surface area contributed by atoms with E-state index in [0.717, 1.165) is 0 Å². The molecule has 7 heteroatoms. The third kappa shape index (κ3) is 2.19. The molecule has 1 atom stereocenters. The molecule has 0 fully saturated rings. The third-order valence-electron chi connectivity index (χ3n) is 2.61. The van der Waals surface area contributed by atoms with Crippen molar-refractivity contribution >= 4 is 5.97 Å². The first-order valence-corrected chi connectivity index (χ1v) is 5.07. The van der Waals surface area contributed by atoms with Crippen LogP contribution >= 0.6 is 0 Å². The maximum atomic E-state index is 11.3. The highest BCUT2D eigenvalue weighted by atomic mass is 16.4. The number of tetrazole rings is 1. The Hall–Kier alpha value is -1.50. The summed E-state index contributed by atoms with van der Waals surface area (Å²) >= 11 is 0. The van der Waals surface area contributed by atoms with Crippen LogP contribution in [-0.2, 0) is 16.9 Å². The van der Waals surface area contributed by atoms with Gasteiger partial charge in [-0.05, 0) is 37.9 Å². The number of rotatable bonds is 5. The van der Waals surface area contributed by atoms with E-state index in [4.69, 9.17) is 0 Å². The first kappa shape index (κ1) is 12.6. The fraction of sp³-hybridized carbons (Fsp3) is 0.778. The van der Waals surface area contributed by atoms with Crippen LogP contribution in [0.1, 0.15) is 26.1 Å². The van der Waals surface area contributed by atoms with Crippen molar-refractivity contribution in [3.05, 3.63) is 5.82 Å². The molecular formula is C9H17N5O2. The molecule has 1 heterocycles. The molecule has 0 bridgehead atoms. The lowest BCUT2D eigenvalue weighted by molar-refractivity contribution is -0.147. The van der Waals surface area contributed by atoms with E-state index in [1.165, 1.54) is 4.68 Å². The van der Waals surface area contributed by atoms with E-state index in [1.807, 2.05) is 19.0 Å². The van der Waals surface area contributed by atoms with Gasteiger partial charge in [-0.25, -0.2) is 9.48 Å². The lowest BCUT2D eigenvalue weighted by atomic mass is 9.99. The number of carbonyl (C=O) groups is 1. The van der Waals surface area contributed by atoms with Gasteiger partial charge in [0.25, 0.3) is 0 Å². The molecule has 0 saturated carbocycles. The summed E-state index contributed by atoms with van der Waals surface area (Å²) in [6, 6.07) is 0. The average molecular weight is 227 g/mol. The summed E-state index contributed by atoms with van der Waals surface area (Å²) in [5.41, 5.74) is -1.09. The zero-order valence-electron chi connectivity index (χ0n) is 10.0.